The molecule has 0 atom stereocenters. The fraction of sp³-hybridized carbons (Fsp3) is 0.267. The number of hydrogen-bond acceptors (Lipinski definition) is 3. The van der Waals surface area contributed by atoms with Gasteiger partial charge in [-0.15, -0.1) is 0 Å². The van der Waals surface area contributed by atoms with Gasteiger partial charge in [0.2, 0.25) is 0 Å². The molecule has 5 heteroatoms. The average Bonchev–Trinajstić information content (AvgIpc) is 2.65. The van der Waals surface area contributed by atoms with Crippen LogP contribution in [0.3, 0.4) is 0 Å². The second-order valence-corrected chi connectivity index (χ2v) is 4.76. The molecule has 0 amide bonds. The minimum atomic E-state index is -0.321. The molecule has 0 saturated carbocycles. The lowest BCUT2D eigenvalue weighted by Crippen LogP contribution is -2.03. The molecule has 0 aliphatic heterocycles. The molecular weight excluding hydrogens is 254 g/mol. The smallest absolute Gasteiger partial charge is 0.251 e. The Bertz CT molecular complexity index is 657. The van der Waals surface area contributed by atoms with Crippen LogP contribution < -0.4 is 0 Å². The van der Waals surface area contributed by atoms with Gasteiger partial charge in [-0.05, 0) is 19.4 Å². The number of hydrogen-bond donors (Lipinski definition) is 0. The second-order valence-electron chi connectivity index (χ2n) is 4.76. The van der Waals surface area contributed by atoms with Gasteiger partial charge in [-0.1, -0.05) is 30.3 Å². The van der Waals surface area contributed by atoms with Crippen molar-refractivity contribution in [1.29, 1.82) is 0 Å². The van der Waals surface area contributed by atoms with Crippen molar-refractivity contribution in [3.05, 3.63) is 68.7 Å². The van der Waals surface area contributed by atoms with Gasteiger partial charge in [-0.3, -0.25) is 14.8 Å². The van der Waals surface area contributed by atoms with Gasteiger partial charge in [-0.2, -0.15) is 5.10 Å². The Labute approximate surface area is 117 Å². The largest absolute Gasteiger partial charge is 0.272 e. The fourth-order valence-electron chi connectivity index (χ4n) is 2.14. The van der Waals surface area contributed by atoms with Gasteiger partial charge in [0, 0.05) is 24.4 Å². The van der Waals surface area contributed by atoms with Crippen molar-refractivity contribution in [2.24, 2.45) is 7.05 Å². The molecule has 0 unspecified atom stereocenters. The lowest BCUT2D eigenvalue weighted by Gasteiger charge is -2.00. The van der Waals surface area contributed by atoms with Crippen LogP contribution >= 0.6 is 0 Å². The molecule has 5 nitrogen and oxygen atoms in total. The van der Waals surface area contributed by atoms with E-state index < -0.39 is 0 Å². The maximum Gasteiger partial charge on any atom is 0.251 e. The van der Waals surface area contributed by atoms with Gasteiger partial charge < -0.3 is 0 Å². The number of benzene rings is 1. The summed E-state index contributed by atoms with van der Waals surface area (Å²) < 4.78 is 1.74. The summed E-state index contributed by atoms with van der Waals surface area (Å²) in [6.45, 7) is 3.77. The van der Waals surface area contributed by atoms with Gasteiger partial charge in [-0.25, -0.2) is 0 Å². The van der Waals surface area contributed by atoms with Crippen molar-refractivity contribution in [3.63, 3.8) is 0 Å². The molecule has 20 heavy (non-hydrogen) atoms. The number of nitro groups is 1. The predicted octanol–water partition coefficient (Wildman–Crippen LogP) is 2.90. The first kappa shape index (κ1) is 14.0. The van der Waals surface area contributed by atoms with Gasteiger partial charge in [0.25, 0.3) is 5.70 Å². The Morgan fingerprint density at radius 3 is 2.50 bits per heavy atom. The summed E-state index contributed by atoms with van der Waals surface area (Å²) in [7, 11) is 1.84. The van der Waals surface area contributed by atoms with Crippen LogP contribution in [0.15, 0.2) is 36.0 Å². The zero-order chi connectivity index (χ0) is 14.7. The third kappa shape index (κ3) is 2.93. The van der Waals surface area contributed by atoms with E-state index in [0.717, 1.165) is 22.5 Å². The van der Waals surface area contributed by atoms with Crippen LogP contribution in [-0.4, -0.2) is 14.7 Å². The molecule has 0 saturated heterocycles. The molecule has 0 aliphatic carbocycles. The molecule has 1 aromatic carbocycles. The van der Waals surface area contributed by atoms with Gasteiger partial charge in [0.1, 0.15) is 0 Å². The standard InChI is InChI=1S/C15H17N3O2/c1-11-15(12(2)17(3)16-11)10-14(18(19)20)9-13-7-5-4-6-8-13/h4-8,10H,9H2,1-3H3. The summed E-state index contributed by atoms with van der Waals surface area (Å²) in [6.07, 6.45) is 1.94. The minimum Gasteiger partial charge on any atom is -0.272 e. The van der Waals surface area contributed by atoms with Gasteiger partial charge in [0.15, 0.2) is 0 Å². The highest BCUT2D eigenvalue weighted by atomic mass is 16.6. The highest BCUT2D eigenvalue weighted by Gasteiger charge is 2.15. The monoisotopic (exact) mass is 271 g/mol. The van der Waals surface area contributed by atoms with E-state index in [9.17, 15) is 10.1 Å². The normalized spacial score (nSPS) is 11.7. The molecule has 0 fully saturated rings. The summed E-state index contributed by atoms with van der Waals surface area (Å²) in [5, 5.41) is 15.5. The van der Waals surface area contributed by atoms with E-state index in [0.29, 0.717) is 6.42 Å². The van der Waals surface area contributed by atoms with E-state index in [1.54, 1.807) is 10.8 Å². The van der Waals surface area contributed by atoms with Crippen molar-refractivity contribution in [2.75, 3.05) is 0 Å². The van der Waals surface area contributed by atoms with E-state index >= 15 is 0 Å². The quantitative estimate of drug-likeness (QED) is 0.634. The Hall–Kier alpha value is -2.43. The first-order chi connectivity index (χ1) is 9.49. The summed E-state index contributed by atoms with van der Waals surface area (Å²) >= 11 is 0. The molecular formula is C15H17N3O2. The highest BCUT2D eigenvalue weighted by Crippen LogP contribution is 2.18. The molecule has 2 rings (SSSR count). The van der Waals surface area contributed by atoms with Crippen LogP contribution in [0.25, 0.3) is 6.08 Å². The maximum absolute atomic E-state index is 11.2. The average molecular weight is 271 g/mol. The topological polar surface area (TPSA) is 61.0 Å². The third-order valence-corrected chi connectivity index (χ3v) is 3.34. The SMILES string of the molecule is Cc1nn(C)c(C)c1C=C(Cc1ccccc1)[N+](=O)[O-]. The molecule has 1 aromatic heterocycles. The number of rotatable bonds is 4. The van der Waals surface area contributed by atoms with E-state index in [-0.39, 0.29) is 10.6 Å². The number of allylic oxidation sites excluding steroid dienone is 1. The molecule has 0 spiro atoms. The van der Waals surface area contributed by atoms with Crippen LogP contribution in [0.1, 0.15) is 22.5 Å². The van der Waals surface area contributed by atoms with Crippen LogP contribution in [0.2, 0.25) is 0 Å². The summed E-state index contributed by atoms with van der Waals surface area (Å²) in [6, 6.07) is 9.44. The molecule has 1 heterocycles. The number of aromatic nitrogens is 2. The summed E-state index contributed by atoms with van der Waals surface area (Å²) in [5.41, 5.74) is 3.66. The summed E-state index contributed by atoms with van der Waals surface area (Å²) in [4.78, 5) is 10.9. The molecule has 2 aromatic rings. The van der Waals surface area contributed by atoms with Crippen LogP contribution in [-0.2, 0) is 13.5 Å². The van der Waals surface area contributed by atoms with E-state index in [4.69, 9.17) is 0 Å². The molecule has 0 bridgehead atoms. The van der Waals surface area contributed by atoms with Crippen LogP contribution in [0, 0.1) is 24.0 Å². The Kier molecular flexibility index (Phi) is 3.98. The molecule has 0 N–H and O–H groups in total. The van der Waals surface area contributed by atoms with Gasteiger partial charge in [0.05, 0.1) is 17.0 Å². The van der Waals surface area contributed by atoms with Crippen molar-refractivity contribution < 1.29 is 4.92 Å². The lowest BCUT2D eigenvalue weighted by molar-refractivity contribution is -0.425. The first-order valence-electron chi connectivity index (χ1n) is 6.38. The minimum absolute atomic E-state index is 0.176. The zero-order valence-electron chi connectivity index (χ0n) is 11.8. The van der Waals surface area contributed by atoms with E-state index in [1.807, 2.05) is 51.2 Å². The summed E-state index contributed by atoms with van der Waals surface area (Å²) in [5.74, 6) is 0. The van der Waals surface area contributed by atoms with Crippen molar-refractivity contribution in [2.45, 2.75) is 20.3 Å². The van der Waals surface area contributed by atoms with Crippen LogP contribution in [0.4, 0.5) is 0 Å². The molecule has 0 radical (unpaired) electrons. The first-order valence-corrected chi connectivity index (χ1v) is 6.38. The second kappa shape index (κ2) is 5.69. The molecule has 0 aliphatic rings. The highest BCUT2D eigenvalue weighted by molar-refractivity contribution is 5.56. The van der Waals surface area contributed by atoms with E-state index in [1.165, 1.54) is 0 Å². The Morgan fingerprint density at radius 1 is 1.35 bits per heavy atom. The third-order valence-electron chi connectivity index (χ3n) is 3.34. The van der Waals surface area contributed by atoms with Gasteiger partial charge >= 0.3 is 0 Å². The maximum atomic E-state index is 11.2. The van der Waals surface area contributed by atoms with Crippen LogP contribution in [0.5, 0.6) is 0 Å². The van der Waals surface area contributed by atoms with Crippen molar-refractivity contribution in [3.8, 4) is 0 Å². The number of nitrogens with zero attached hydrogens (tertiary/aromatic N) is 3. The molecule has 104 valence electrons. The number of aryl methyl sites for hydroxylation is 2. The lowest BCUT2D eigenvalue weighted by atomic mass is 10.1. The van der Waals surface area contributed by atoms with E-state index in [2.05, 4.69) is 5.10 Å². The van der Waals surface area contributed by atoms with Crippen molar-refractivity contribution in [1.82, 2.24) is 9.78 Å². The zero-order valence-corrected chi connectivity index (χ0v) is 11.8. The predicted molar refractivity (Wildman–Crippen MR) is 77.8 cm³/mol. The Morgan fingerprint density at radius 2 is 2.00 bits per heavy atom. The van der Waals surface area contributed by atoms with Crippen molar-refractivity contribution >= 4 is 6.08 Å². The Balaban J connectivity index is 2.38. The fourth-order valence-corrected chi connectivity index (χ4v) is 2.14.